The van der Waals surface area contributed by atoms with Gasteiger partial charge in [0.05, 0.1) is 42.1 Å². The Labute approximate surface area is 248 Å². The van der Waals surface area contributed by atoms with Crippen LogP contribution in [-0.2, 0) is 31.1 Å². The Morgan fingerprint density at radius 2 is 1.82 bits per heavy atom. The van der Waals surface area contributed by atoms with E-state index in [2.05, 4.69) is 0 Å². The molecule has 2 aromatic carbocycles. The van der Waals surface area contributed by atoms with Crippen LogP contribution in [0.3, 0.4) is 0 Å². The van der Waals surface area contributed by atoms with Crippen LogP contribution in [0.15, 0.2) is 6.07 Å². The number of carbonyl (C=O) groups is 3. The average Bonchev–Trinajstić information content (AvgIpc) is 3.28. The van der Waals surface area contributed by atoms with E-state index in [-0.39, 0.29) is 17.5 Å². The number of aliphatic hydroxyl groups excluding tert-OH is 2. The Bertz CT molecular complexity index is 1740. The Morgan fingerprint density at radius 3 is 2.45 bits per heavy atom. The molecule has 44 heavy (non-hydrogen) atoms. The molecule has 0 spiro atoms. The minimum atomic E-state index is -4.59. The van der Waals surface area contributed by atoms with Gasteiger partial charge in [-0.15, -0.1) is 8.42 Å². The Morgan fingerprint density at radius 1 is 1.14 bits per heavy atom. The maximum atomic E-state index is 14.0. The number of carbonyl (C=O) groups excluding carboxylic acids is 3. The maximum Gasteiger partial charge on any atom is 0.501 e. The number of rotatable bonds is 5. The second-order valence-electron chi connectivity index (χ2n) is 11.0. The number of fused-ring (bicyclic) bond motifs is 4. The van der Waals surface area contributed by atoms with Crippen LogP contribution in [0, 0.1) is 0 Å². The zero-order valence-electron chi connectivity index (χ0n) is 23.1. The normalized spacial score (nSPS) is 29.9. The summed E-state index contributed by atoms with van der Waals surface area (Å²) in [6.45, 7) is 0.441. The van der Waals surface area contributed by atoms with E-state index in [1.807, 2.05) is 0 Å². The van der Waals surface area contributed by atoms with Crippen molar-refractivity contribution in [2.75, 3.05) is 13.7 Å². The van der Waals surface area contributed by atoms with Crippen LogP contribution >= 0.6 is 0 Å². The highest BCUT2D eigenvalue weighted by Crippen LogP contribution is 2.55. The number of aromatic hydroxyl groups is 2. The van der Waals surface area contributed by atoms with E-state index < -0.39 is 134 Å². The standard InChI is InChI=1S/C27H27NO15S/c1-8-20(31)11(28)4-15(40-8)41-13-6-27(36,14(30)7-29)5-10-16(13)23(34)19-18(22(10)33)21(32)9-3-12-25(43-44(37,38)42-12)26(39-2)17(9)24(19)35/h3,8,11,13,15,20,29,31,33-34,36H,4-7,28H2,1-2H3/t8-,11-,13-,15-,20+,27-/m0/s1. The van der Waals surface area contributed by atoms with Gasteiger partial charge in [-0.05, 0) is 13.0 Å². The number of hydrogen-bond acceptors (Lipinski definition) is 16. The largest absolute Gasteiger partial charge is 0.507 e. The van der Waals surface area contributed by atoms with Crippen LogP contribution < -0.4 is 18.8 Å². The van der Waals surface area contributed by atoms with E-state index in [1.54, 1.807) is 0 Å². The monoisotopic (exact) mass is 637 g/mol. The van der Waals surface area contributed by atoms with Crippen LogP contribution in [0.2, 0.25) is 0 Å². The van der Waals surface area contributed by atoms with Crippen LogP contribution in [-0.4, -0.2) is 95.2 Å². The van der Waals surface area contributed by atoms with Crippen molar-refractivity contribution < 1.29 is 70.9 Å². The first kappa shape index (κ1) is 30.2. The highest BCUT2D eigenvalue weighted by atomic mass is 32.3. The lowest BCUT2D eigenvalue weighted by molar-refractivity contribution is -0.247. The molecule has 0 aromatic heterocycles. The van der Waals surface area contributed by atoms with Crippen LogP contribution in [0.25, 0.3) is 0 Å². The highest BCUT2D eigenvalue weighted by molar-refractivity contribution is 7.82. The third kappa shape index (κ3) is 4.34. The third-order valence-corrected chi connectivity index (χ3v) is 9.10. The number of ether oxygens (including phenoxy) is 3. The second kappa shape index (κ2) is 10.1. The minimum absolute atomic E-state index is 0.0561. The number of phenolic OH excluding ortho intramolecular Hbond substituents is 2. The van der Waals surface area contributed by atoms with E-state index in [0.29, 0.717) is 0 Å². The predicted octanol–water partition coefficient (Wildman–Crippen LogP) is -0.983. The summed E-state index contributed by atoms with van der Waals surface area (Å²) >= 11 is 0. The van der Waals surface area contributed by atoms with Crippen LogP contribution in [0.4, 0.5) is 0 Å². The van der Waals surface area contributed by atoms with Gasteiger partial charge >= 0.3 is 10.4 Å². The number of Topliss-reactive ketones (excluding diaryl/α,β-unsaturated/α-hetero) is 1. The van der Waals surface area contributed by atoms with Gasteiger partial charge in [0.15, 0.2) is 29.4 Å². The van der Waals surface area contributed by atoms with Gasteiger partial charge in [-0.1, -0.05) is 0 Å². The number of methoxy groups -OCH3 is 1. The Hall–Kier alpha value is -3.84. The van der Waals surface area contributed by atoms with Crippen molar-refractivity contribution in [3.05, 3.63) is 39.4 Å². The lowest BCUT2D eigenvalue weighted by Crippen LogP contribution is -2.53. The number of aliphatic hydroxyl groups is 3. The quantitative estimate of drug-likeness (QED) is 0.184. The number of phenols is 2. The number of ketones is 3. The number of hydrogen-bond donors (Lipinski definition) is 6. The fourth-order valence-electron chi connectivity index (χ4n) is 6.21. The zero-order chi connectivity index (χ0) is 32.0. The summed E-state index contributed by atoms with van der Waals surface area (Å²) in [6.07, 6.45) is -5.76. The molecule has 236 valence electrons. The van der Waals surface area contributed by atoms with Gasteiger partial charge in [0.1, 0.15) is 23.7 Å². The summed E-state index contributed by atoms with van der Waals surface area (Å²) in [5, 5.41) is 54.1. The van der Waals surface area contributed by atoms with Crippen LogP contribution in [0.1, 0.15) is 68.8 Å². The molecule has 2 aliphatic heterocycles. The lowest BCUT2D eigenvalue weighted by atomic mass is 9.71. The summed E-state index contributed by atoms with van der Waals surface area (Å²) in [5.41, 5.74) is 0.761. The molecule has 2 aromatic rings. The van der Waals surface area contributed by atoms with Crippen molar-refractivity contribution in [2.45, 2.75) is 62.4 Å². The average molecular weight is 638 g/mol. The van der Waals surface area contributed by atoms with Gasteiger partial charge in [-0.2, -0.15) is 0 Å². The van der Waals surface area contributed by atoms with Gasteiger partial charge in [0.25, 0.3) is 0 Å². The molecule has 2 aliphatic carbocycles. The van der Waals surface area contributed by atoms with Gasteiger partial charge in [-0.3, -0.25) is 14.4 Å². The third-order valence-electron chi connectivity index (χ3n) is 8.34. The van der Waals surface area contributed by atoms with E-state index in [0.717, 1.165) is 13.2 Å². The van der Waals surface area contributed by atoms with Crippen molar-refractivity contribution in [2.24, 2.45) is 5.73 Å². The summed E-state index contributed by atoms with van der Waals surface area (Å²) in [7, 11) is -3.51. The maximum absolute atomic E-state index is 14.0. The highest BCUT2D eigenvalue weighted by Gasteiger charge is 2.51. The molecule has 0 saturated carbocycles. The predicted molar refractivity (Wildman–Crippen MR) is 142 cm³/mol. The lowest BCUT2D eigenvalue weighted by Gasteiger charge is -2.42. The molecule has 0 unspecified atom stereocenters. The second-order valence-corrected chi connectivity index (χ2v) is 12.2. The van der Waals surface area contributed by atoms with Gasteiger partial charge in [0.2, 0.25) is 11.5 Å². The molecule has 1 fully saturated rings. The van der Waals surface area contributed by atoms with Gasteiger partial charge in [-0.25, -0.2) is 0 Å². The molecule has 0 bridgehead atoms. The first-order valence-electron chi connectivity index (χ1n) is 13.3. The summed E-state index contributed by atoms with van der Waals surface area (Å²) in [5.74, 6) is -6.32. The molecule has 2 heterocycles. The zero-order valence-corrected chi connectivity index (χ0v) is 23.9. The molecular weight excluding hydrogens is 610 g/mol. The van der Waals surface area contributed by atoms with Crippen molar-refractivity contribution in [3.63, 3.8) is 0 Å². The molecule has 17 heteroatoms. The van der Waals surface area contributed by atoms with E-state index >= 15 is 0 Å². The molecular formula is C27H27NO15S. The molecule has 1 saturated heterocycles. The molecule has 7 N–H and O–H groups in total. The van der Waals surface area contributed by atoms with Crippen LogP contribution in [0.5, 0.6) is 28.7 Å². The first-order chi connectivity index (χ1) is 20.6. The Balaban J connectivity index is 1.54. The van der Waals surface area contributed by atoms with E-state index in [9.17, 15) is 48.3 Å². The van der Waals surface area contributed by atoms with E-state index in [4.69, 9.17) is 28.3 Å². The molecule has 16 nitrogen and oxygen atoms in total. The van der Waals surface area contributed by atoms with Crippen molar-refractivity contribution in [3.8, 4) is 28.7 Å². The Kier molecular flexibility index (Phi) is 6.93. The van der Waals surface area contributed by atoms with Crippen molar-refractivity contribution in [1.29, 1.82) is 0 Å². The fraction of sp³-hybridized carbons (Fsp3) is 0.444. The van der Waals surface area contributed by atoms with E-state index in [1.165, 1.54) is 6.92 Å². The number of benzene rings is 2. The smallest absolute Gasteiger partial charge is 0.501 e. The molecule has 6 atom stereocenters. The summed E-state index contributed by atoms with van der Waals surface area (Å²) < 4.78 is 50.4. The van der Waals surface area contributed by atoms with Gasteiger partial charge in [0, 0.05) is 42.0 Å². The topological polar surface area (TPSA) is 259 Å². The number of nitrogens with two attached hydrogens (primary N) is 1. The summed E-state index contributed by atoms with van der Waals surface area (Å²) in [6, 6.07) is 0.114. The fourth-order valence-corrected chi connectivity index (χ4v) is 6.95. The summed E-state index contributed by atoms with van der Waals surface area (Å²) in [4.78, 5) is 40.5. The first-order valence-corrected chi connectivity index (χ1v) is 14.7. The van der Waals surface area contributed by atoms with Crippen molar-refractivity contribution in [1.82, 2.24) is 0 Å². The molecule has 0 radical (unpaired) electrons. The molecule has 4 aliphatic rings. The minimum Gasteiger partial charge on any atom is -0.507 e. The van der Waals surface area contributed by atoms with Gasteiger partial charge < -0.3 is 53.8 Å². The SMILES string of the molecule is COc1c2c(cc3c1C(=O)c1c(O)c4c(c(O)c1C3=O)C[C@@](O)(C(=O)CO)C[C@@H]4O[C@H]1C[C@H](N)[C@H](O)[C@H](C)O1)OS(=O)(=O)O2. The molecule has 0 amide bonds. The molecule has 6 rings (SSSR count). The van der Waals surface area contributed by atoms with Crippen molar-refractivity contribution >= 4 is 27.7 Å².